The summed E-state index contributed by atoms with van der Waals surface area (Å²) >= 11 is 1.65. The lowest BCUT2D eigenvalue weighted by molar-refractivity contribution is -0.156. The van der Waals surface area contributed by atoms with Crippen molar-refractivity contribution >= 4 is 41.4 Å². The number of nitrogens with one attached hydrogen (secondary N) is 2. The van der Waals surface area contributed by atoms with Gasteiger partial charge in [-0.3, -0.25) is 19.2 Å². The summed E-state index contributed by atoms with van der Waals surface area (Å²) in [4.78, 5) is 72.7. The Balaban J connectivity index is 1.18. The smallest absolute Gasteiger partial charge is 0.328 e. The molecule has 3 aliphatic heterocycles. The highest BCUT2D eigenvalue weighted by Crippen LogP contribution is 2.35. The van der Waals surface area contributed by atoms with Crippen molar-refractivity contribution in [2.45, 2.75) is 101 Å². The number of fused-ring (bicyclic) bond motifs is 1. The van der Waals surface area contributed by atoms with Gasteiger partial charge in [0.1, 0.15) is 18.1 Å². The normalized spacial score (nSPS) is 22.7. The van der Waals surface area contributed by atoms with Gasteiger partial charge < -0.3 is 25.2 Å². The molecule has 0 radical (unpaired) electrons. The first kappa shape index (κ1) is 40.0. The van der Waals surface area contributed by atoms with E-state index >= 15 is 0 Å². The van der Waals surface area contributed by atoms with Crippen molar-refractivity contribution < 1.29 is 28.7 Å². The zero-order chi connectivity index (χ0) is 38.6. The molecule has 6 atom stereocenters. The average molecular weight is 767 g/mol. The lowest BCUT2D eigenvalue weighted by Gasteiger charge is -2.40. The molecular weight excluding hydrogens is 713 g/mol. The Morgan fingerprint density at radius 3 is 1.80 bits per heavy atom. The van der Waals surface area contributed by atoms with E-state index in [0.717, 1.165) is 42.4 Å². The first-order valence-corrected chi connectivity index (χ1v) is 20.9. The van der Waals surface area contributed by atoms with Crippen molar-refractivity contribution in [2.24, 2.45) is 11.8 Å². The van der Waals surface area contributed by atoms with Crippen LogP contribution in [-0.4, -0.2) is 82.3 Å². The van der Waals surface area contributed by atoms with Gasteiger partial charge in [-0.1, -0.05) is 91.0 Å². The molecule has 11 heteroatoms. The highest BCUT2D eigenvalue weighted by molar-refractivity contribution is 7.99. The lowest BCUT2D eigenvalue weighted by Crippen LogP contribution is -2.57. The van der Waals surface area contributed by atoms with Crippen LogP contribution in [0.15, 0.2) is 91.0 Å². The number of benzene rings is 3. The molecule has 3 heterocycles. The van der Waals surface area contributed by atoms with Crippen molar-refractivity contribution in [3.8, 4) is 0 Å². The van der Waals surface area contributed by atoms with Crippen LogP contribution in [0, 0.1) is 11.8 Å². The maximum Gasteiger partial charge on any atom is 0.328 e. The van der Waals surface area contributed by atoms with Crippen molar-refractivity contribution in [2.75, 3.05) is 19.4 Å². The molecule has 0 spiro atoms. The van der Waals surface area contributed by atoms with Gasteiger partial charge in [0.25, 0.3) is 0 Å². The predicted octanol–water partition coefficient (Wildman–Crippen LogP) is 5.68. The molecule has 6 unspecified atom stereocenters. The fourth-order valence-electron chi connectivity index (χ4n) is 8.18. The standard InChI is InChI=1S/C44H54N4O6S/c1-54-44(53)38-21-13-22-39-48(38)43(52)37(25-27-55-39)46-41(50)35(29-32-16-7-3-8-17-32)24-23-34(28-31-14-5-2-6-15-31)40(49)45-36-20-11-12-26-47(42(36)51)30-33-18-9-4-10-19-33/h2-10,14-19,34-39H,11-13,20-30H2,1H3,(H,45,49)(H,46,50). The van der Waals surface area contributed by atoms with Gasteiger partial charge in [-0.25, -0.2) is 4.79 Å². The second-order valence-electron chi connectivity index (χ2n) is 15.0. The van der Waals surface area contributed by atoms with Crippen molar-refractivity contribution in [1.82, 2.24) is 20.4 Å². The van der Waals surface area contributed by atoms with Gasteiger partial charge in [-0.05, 0) is 93.1 Å². The SMILES string of the molecule is COC(=O)C1CCCC2SCCC(NC(=O)C(CCC(Cc3ccccc3)C(=O)NC3CCCCN(Cc4ccccc4)C3=O)Cc3ccccc3)C(=O)N21. The van der Waals surface area contributed by atoms with Crippen LogP contribution in [0.25, 0.3) is 0 Å². The number of esters is 1. The third-order valence-electron chi connectivity index (χ3n) is 11.2. The van der Waals surface area contributed by atoms with Gasteiger partial charge in [0.15, 0.2) is 0 Å². The second-order valence-corrected chi connectivity index (χ2v) is 16.3. The molecular formula is C44H54N4O6S. The highest BCUT2D eigenvalue weighted by atomic mass is 32.2. The number of amides is 4. The zero-order valence-electron chi connectivity index (χ0n) is 31.8. The minimum atomic E-state index is -0.767. The van der Waals surface area contributed by atoms with Crippen LogP contribution < -0.4 is 10.6 Å². The van der Waals surface area contributed by atoms with Gasteiger partial charge >= 0.3 is 5.97 Å². The number of hydrogen-bond acceptors (Lipinski definition) is 7. The van der Waals surface area contributed by atoms with Gasteiger partial charge in [-0.2, -0.15) is 0 Å². The number of likely N-dealkylation sites (tertiary alicyclic amines) is 1. The summed E-state index contributed by atoms with van der Waals surface area (Å²) in [5, 5.41) is 6.12. The molecule has 0 saturated carbocycles. The van der Waals surface area contributed by atoms with Gasteiger partial charge in [0.05, 0.1) is 12.5 Å². The number of thioether (sulfide) groups is 1. The fourth-order valence-corrected chi connectivity index (χ4v) is 9.57. The topological polar surface area (TPSA) is 125 Å². The number of methoxy groups -OCH3 is 1. The number of rotatable bonds is 14. The number of ether oxygens (including phenoxy) is 1. The Kier molecular flexibility index (Phi) is 14.4. The molecule has 292 valence electrons. The van der Waals surface area contributed by atoms with Crippen LogP contribution in [0.3, 0.4) is 0 Å². The maximum atomic E-state index is 14.3. The summed E-state index contributed by atoms with van der Waals surface area (Å²) in [6.07, 6.45) is 6.62. The van der Waals surface area contributed by atoms with Gasteiger partial charge in [-0.15, -0.1) is 11.8 Å². The Morgan fingerprint density at radius 1 is 0.691 bits per heavy atom. The van der Waals surface area contributed by atoms with E-state index in [4.69, 9.17) is 4.74 Å². The molecule has 3 saturated heterocycles. The number of nitrogens with zero attached hydrogens (tertiary/aromatic N) is 2. The monoisotopic (exact) mass is 766 g/mol. The quantitative estimate of drug-likeness (QED) is 0.202. The summed E-state index contributed by atoms with van der Waals surface area (Å²) in [6.45, 7) is 1.15. The molecule has 55 heavy (non-hydrogen) atoms. The van der Waals surface area contributed by atoms with Crippen LogP contribution in [-0.2, 0) is 48.1 Å². The first-order chi connectivity index (χ1) is 26.8. The van der Waals surface area contributed by atoms with Crippen LogP contribution in [0.5, 0.6) is 0 Å². The Labute approximate surface area is 329 Å². The van der Waals surface area contributed by atoms with E-state index in [1.54, 1.807) is 16.7 Å². The van der Waals surface area contributed by atoms with Crippen molar-refractivity contribution in [3.63, 3.8) is 0 Å². The summed E-state index contributed by atoms with van der Waals surface area (Å²) in [6, 6.07) is 27.5. The molecule has 3 aromatic rings. The summed E-state index contributed by atoms with van der Waals surface area (Å²) < 4.78 is 5.07. The van der Waals surface area contributed by atoms with Crippen molar-refractivity contribution in [3.05, 3.63) is 108 Å². The summed E-state index contributed by atoms with van der Waals surface area (Å²) in [7, 11) is 1.34. The fraction of sp³-hybridized carbons (Fsp3) is 0.477. The molecule has 3 aliphatic rings. The third kappa shape index (κ3) is 10.8. The number of carbonyl (C=O) groups is 5. The van der Waals surface area contributed by atoms with E-state index in [0.29, 0.717) is 63.8 Å². The summed E-state index contributed by atoms with van der Waals surface area (Å²) in [5.41, 5.74) is 3.04. The molecule has 3 aromatic carbocycles. The minimum absolute atomic E-state index is 0.0638. The van der Waals surface area contributed by atoms with Crippen molar-refractivity contribution in [1.29, 1.82) is 0 Å². The molecule has 0 aliphatic carbocycles. The van der Waals surface area contributed by atoms with E-state index < -0.39 is 35.9 Å². The molecule has 3 fully saturated rings. The lowest BCUT2D eigenvalue weighted by atomic mass is 9.86. The van der Waals surface area contributed by atoms with Gasteiger partial charge in [0.2, 0.25) is 23.6 Å². The van der Waals surface area contributed by atoms with E-state index in [9.17, 15) is 24.0 Å². The number of carbonyl (C=O) groups excluding carboxylic acids is 5. The predicted molar refractivity (Wildman–Crippen MR) is 213 cm³/mol. The van der Waals surface area contributed by atoms with E-state index in [2.05, 4.69) is 10.6 Å². The van der Waals surface area contributed by atoms with E-state index in [1.807, 2.05) is 95.9 Å². The minimum Gasteiger partial charge on any atom is -0.467 e. The largest absolute Gasteiger partial charge is 0.467 e. The molecule has 2 N–H and O–H groups in total. The number of piperidine rings is 1. The number of hydrogen-bond donors (Lipinski definition) is 2. The molecule has 0 bridgehead atoms. The molecule has 10 nitrogen and oxygen atoms in total. The molecule has 6 rings (SSSR count). The molecule has 0 aromatic heterocycles. The Hall–Kier alpha value is -4.64. The van der Waals surface area contributed by atoms with Crippen LogP contribution in [0.1, 0.15) is 74.5 Å². The van der Waals surface area contributed by atoms with Gasteiger partial charge in [0, 0.05) is 24.9 Å². The highest BCUT2D eigenvalue weighted by Gasteiger charge is 2.44. The van der Waals surface area contributed by atoms with Crippen LogP contribution in [0.2, 0.25) is 0 Å². The van der Waals surface area contributed by atoms with E-state index in [-0.39, 0.29) is 29.0 Å². The second kappa shape index (κ2) is 19.8. The Morgan fingerprint density at radius 2 is 1.24 bits per heavy atom. The first-order valence-electron chi connectivity index (χ1n) is 19.8. The third-order valence-corrected chi connectivity index (χ3v) is 12.5. The molecule has 4 amide bonds. The Bertz CT molecular complexity index is 1740. The summed E-state index contributed by atoms with van der Waals surface area (Å²) in [5.74, 6) is -1.50. The van der Waals surface area contributed by atoms with Crippen LogP contribution in [0.4, 0.5) is 0 Å². The average Bonchev–Trinajstić information content (AvgIpc) is 3.48. The zero-order valence-corrected chi connectivity index (χ0v) is 32.6. The maximum absolute atomic E-state index is 14.3. The van der Waals surface area contributed by atoms with Crippen LogP contribution >= 0.6 is 11.8 Å². The van der Waals surface area contributed by atoms with E-state index in [1.165, 1.54) is 7.11 Å².